The molecule has 14 heteroatoms. The molecule has 2 N–H and O–H groups in total. The lowest BCUT2D eigenvalue weighted by Crippen LogP contribution is -2.47. The first kappa shape index (κ1) is 31.0. The summed E-state index contributed by atoms with van der Waals surface area (Å²) in [5, 5.41) is 10.4. The zero-order valence-electron chi connectivity index (χ0n) is 21.6. The molecule has 0 aliphatic carbocycles. The van der Waals surface area contributed by atoms with E-state index in [2.05, 4.69) is 5.32 Å². The highest BCUT2D eigenvalue weighted by Gasteiger charge is 2.38. The number of alkyl halides is 3. The van der Waals surface area contributed by atoms with Crippen LogP contribution >= 0.6 is 0 Å². The van der Waals surface area contributed by atoms with Crippen LogP contribution in [0.2, 0.25) is 0 Å². The minimum Gasteiger partial charge on any atom is -0.493 e. The maximum Gasteiger partial charge on any atom is 0.490 e. The number of carbonyl (C=O) groups excluding carboxylic acids is 2. The van der Waals surface area contributed by atoms with Gasteiger partial charge in [-0.3, -0.25) is 9.59 Å². The van der Waals surface area contributed by atoms with Gasteiger partial charge in [0.05, 0.1) is 27.4 Å². The molecule has 2 heterocycles. The summed E-state index contributed by atoms with van der Waals surface area (Å²) in [6.45, 7) is 4.49. The Labute approximate surface area is 218 Å². The van der Waals surface area contributed by atoms with Gasteiger partial charge in [-0.15, -0.1) is 0 Å². The average molecular weight is 550 g/mol. The number of aliphatic carboxylic acids is 1. The van der Waals surface area contributed by atoms with Crippen LogP contribution in [0.3, 0.4) is 0 Å². The molecule has 1 unspecified atom stereocenters. The van der Waals surface area contributed by atoms with E-state index in [1.54, 1.807) is 17.0 Å². The molecular formula is C24H34F3N3O8. The molecule has 38 heavy (non-hydrogen) atoms. The smallest absolute Gasteiger partial charge is 0.490 e. The highest BCUT2D eigenvalue weighted by Crippen LogP contribution is 2.38. The van der Waals surface area contributed by atoms with E-state index >= 15 is 0 Å². The van der Waals surface area contributed by atoms with E-state index in [1.165, 1.54) is 21.3 Å². The van der Waals surface area contributed by atoms with Crippen LogP contribution in [-0.4, -0.2) is 112 Å². The van der Waals surface area contributed by atoms with Gasteiger partial charge < -0.3 is 39.2 Å². The highest BCUT2D eigenvalue weighted by atomic mass is 19.4. The number of amides is 2. The van der Waals surface area contributed by atoms with Crippen molar-refractivity contribution < 1.29 is 51.6 Å². The van der Waals surface area contributed by atoms with E-state index in [9.17, 15) is 22.8 Å². The molecule has 2 saturated heterocycles. The molecule has 2 amide bonds. The number of halogens is 3. The molecule has 0 aromatic heterocycles. The van der Waals surface area contributed by atoms with Crippen molar-refractivity contribution in [3.8, 4) is 17.2 Å². The van der Waals surface area contributed by atoms with Crippen molar-refractivity contribution >= 4 is 17.8 Å². The lowest BCUT2D eigenvalue weighted by molar-refractivity contribution is -0.192. The normalized spacial score (nSPS) is 17.2. The number of nitrogens with one attached hydrogen (secondary N) is 1. The van der Waals surface area contributed by atoms with Gasteiger partial charge in [-0.2, -0.15) is 13.2 Å². The second-order valence-corrected chi connectivity index (χ2v) is 8.48. The number of piperazine rings is 1. The first-order chi connectivity index (χ1) is 18.0. The van der Waals surface area contributed by atoms with Crippen molar-refractivity contribution in [1.82, 2.24) is 15.1 Å². The molecule has 0 saturated carbocycles. The third-order valence-corrected chi connectivity index (χ3v) is 5.95. The molecule has 1 atom stereocenters. The Balaban J connectivity index is 0.000000638. The Kier molecular flexibility index (Phi) is 11.9. The minimum absolute atomic E-state index is 0.0136. The monoisotopic (exact) mass is 549 g/mol. The summed E-state index contributed by atoms with van der Waals surface area (Å²) in [4.78, 5) is 38.5. The van der Waals surface area contributed by atoms with Crippen LogP contribution in [-0.2, 0) is 14.3 Å². The molecule has 2 aliphatic heterocycles. The van der Waals surface area contributed by atoms with E-state index < -0.39 is 12.1 Å². The molecule has 214 valence electrons. The molecule has 1 aromatic rings. The van der Waals surface area contributed by atoms with Gasteiger partial charge >= 0.3 is 12.1 Å². The summed E-state index contributed by atoms with van der Waals surface area (Å²) in [6, 6.07) is 3.29. The van der Waals surface area contributed by atoms with Gasteiger partial charge in [-0.25, -0.2) is 4.79 Å². The van der Waals surface area contributed by atoms with Crippen molar-refractivity contribution in [2.75, 3.05) is 67.2 Å². The maximum atomic E-state index is 13.4. The SMILES string of the molecule is COc1cc(C(=O)N(CCC(=O)N2CCNCC2)CC2CCCO2)cc(OC)c1OC.O=C(O)C(F)(F)F. The third kappa shape index (κ3) is 8.94. The Morgan fingerprint density at radius 3 is 2.13 bits per heavy atom. The van der Waals surface area contributed by atoms with E-state index in [0.29, 0.717) is 55.6 Å². The first-order valence-electron chi connectivity index (χ1n) is 12.0. The first-order valence-corrected chi connectivity index (χ1v) is 12.0. The Bertz CT molecular complexity index is 923. The molecule has 0 radical (unpaired) electrons. The van der Waals surface area contributed by atoms with E-state index in [-0.39, 0.29) is 24.3 Å². The number of nitrogens with zero attached hydrogens (tertiary/aromatic N) is 2. The fourth-order valence-corrected chi connectivity index (χ4v) is 4.00. The van der Waals surface area contributed by atoms with Crippen molar-refractivity contribution in [3.05, 3.63) is 17.7 Å². The number of ether oxygens (including phenoxy) is 4. The van der Waals surface area contributed by atoms with Crippen LogP contribution < -0.4 is 19.5 Å². The summed E-state index contributed by atoms with van der Waals surface area (Å²) in [6.07, 6.45) is -2.93. The van der Waals surface area contributed by atoms with Crippen LogP contribution in [0, 0.1) is 0 Å². The Hall–Kier alpha value is -3.26. The molecule has 1 aromatic carbocycles. The van der Waals surface area contributed by atoms with Gasteiger partial charge in [0.2, 0.25) is 11.7 Å². The van der Waals surface area contributed by atoms with Gasteiger partial charge in [0.25, 0.3) is 5.91 Å². The Morgan fingerprint density at radius 2 is 1.68 bits per heavy atom. The van der Waals surface area contributed by atoms with Crippen LogP contribution in [0.4, 0.5) is 13.2 Å². The van der Waals surface area contributed by atoms with Crippen LogP contribution in [0.15, 0.2) is 12.1 Å². The molecule has 11 nitrogen and oxygen atoms in total. The number of hydrogen-bond donors (Lipinski definition) is 2. The molecular weight excluding hydrogens is 515 g/mol. The maximum absolute atomic E-state index is 13.4. The highest BCUT2D eigenvalue weighted by molar-refractivity contribution is 5.96. The molecule has 0 bridgehead atoms. The van der Waals surface area contributed by atoms with Crippen LogP contribution in [0.5, 0.6) is 17.2 Å². The number of methoxy groups -OCH3 is 3. The van der Waals surface area contributed by atoms with Gasteiger partial charge in [-0.1, -0.05) is 0 Å². The average Bonchev–Trinajstić information content (AvgIpc) is 3.43. The van der Waals surface area contributed by atoms with Gasteiger partial charge in [0, 0.05) is 57.9 Å². The second kappa shape index (κ2) is 14.6. The standard InChI is InChI=1S/C22H33N3O6.C2HF3O2/c1-28-18-13-16(14-19(29-2)21(18)30-3)22(27)25(15-17-5-4-12-31-17)9-6-20(26)24-10-7-23-8-11-24;3-2(4,5)1(6)7/h13-14,17,23H,4-12,15H2,1-3H3;(H,6,7). The lowest BCUT2D eigenvalue weighted by Gasteiger charge is -2.30. The quantitative estimate of drug-likeness (QED) is 0.474. The summed E-state index contributed by atoms with van der Waals surface area (Å²) >= 11 is 0. The lowest BCUT2D eigenvalue weighted by atomic mass is 10.1. The van der Waals surface area contributed by atoms with Gasteiger partial charge in [0.1, 0.15) is 0 Å². The number of carboxylic acid groups (broad SMARTS) is 1. The van der Waals surface area contributed by atoms with Crippen molar-refractivity contribution in [1.29, 1.82) is 0 Å². The third-order valence-electron chi connectivity index (χ3n) is 5.95. The number of rotatable bonds is 9. The summed E-state index contributed by atoms with van der Waals surface area (Å²) in [7, 11) is 4.55. The van der Waals surface area contributed by atoms with Gasteiger partial charge in [-0.05, 0) is 25.0 Å². The molecule has 0 spiro atoms. The fourth-order valence-electron chi connectivity index (χ4n) is 4.00. The van der Waals surface area contributed by atoms with E-state index in [1.807, 2.05) is 4.90 Å². The zero-order valence-corrected chi connectivity index (χ0v) is 21.6. The van der Waals surface area contributed by atoms with E-state index in [4.69, 9.17) is 28.8 Å². The van der Waals surface area contributed by atoms with Crippen molar-refractivity contribution in [3.63, 3.8) is 0 Å². The van der Waals surface area contributed by atoms with Crippen LogP contribution in [0.1, 0.15) is 29.6 Å². The predicted octanol–water partition coefficient (Wildman–Crippen LogP) is 1.79. The number of hydrogen-bond acceptors (Lipinski definition) is 8. The number of carbonyl (C=O) groups is 3. The number of benzene rings is 1. The van der Waals surface area contributed by atoms with Crippen LogP contribution in [0.25, 0.3) is 0 Å². The molecule has 2 aliphatic rings. The molecule has 3 rings (SSSR count). The largest absolute Gasteiger partial charge is 0.493 e. The summed E-state index contributed by atoms with van der Waals surface area (Å²) in [5.41, 5.74) is 0.419. The molecule has 2 fully saturated rings. The fraction of sp³-hybridized carbons (Fsp3) is 0.625. The number of carboxylic acids is 1. The van der Waals surface area contributed by atoms with Crippen molar-refractivity contribution in [2.24, 2.45) is 0 Å². The van der Waals surface area contributed by atoms with Gasteiger partial charge in [0.15, 0.2) is 11.5 Å². The predicted molar refractivity (Wildman–Crippen MR) is 129 cm³/mol. The summed E-state index contributed by atoms with van der Waals surface area (Å²) in [5.74, 6) is -1.62. The second-order valence-electron chi connectivity index (χ2n) is 8.48. The van der Waals surface area contributed by atoms with Crippen molar-refractivity contribution in [2.45, 2.75) is 31.5 Å². The summed E-state index contributed by atoms with van der Waals surface area (Å²) < 4.78 is 53.6. The van der Waals surface area contributed by atoms with E-state index in [0.717, 1.165) is 25.9 Å². The zero-order chi connectivity index (χ0) is 28.3. The topological polar surface area (TPSA) is 127 Å². The minimum atomic E-state index is -5.08. The Morgan fingerprint density at radius 1 is 1.11 bits per heavy atom.